The van der Waals surface area contributed by atoms with Crippen LogP contribution in [-0.4, -0.2) is 18.6 Å². The highest BCUT2D eigenvalue weighted by molar-refractivity contribution is 5.95. The number of amides is 1. The highest BCUT2D eigenvalue weighted by atomic mass is 35.5. The Morgan fingerprint density at radius 3 is 2.89 bits per heavy atom. The second-order valence-corrected chi connectivity index (χ2v) is 4.15. The quantitative estimate of drug-likeness (QED) is 0.480. The molecule has 1 unspecified atom stereocenters. The molecule has 106 valence electrons. The van der Waals surface area contributed by atoms with E-state index in [-0.39, 0.29) is 18.3 Å². The Balaban J connectivity index is 0.00000324. The lowest BCUT2D eigenvalue weighted by Crippen LogP contribution is -2.28. The zero-order valence-electron chi connectivity index (χ0n) is 11.3. The molecule has 5 heteroatoms. The number of carbonyl (C=O) groups excluding carboxylic acids is 1. The van der Waals surface area contributed by atoms with Gasteiger partial charge in [-0.3, -0.25) is 4.79 Å². The van der Waals surface area contributed by atoms with Crippen LogP contribution in [0.5, 0.6) is 0 Å². The predicted octanol–water partition coefficient (Wildman–Crippen LogP) is 2.92. The second kappa shape index (κ2) is 8.56. The van der Waals surface area contributed by atoms with Crippen molar-refractivity contribution in [3.8, 4) is 0 Å². The lowest BCUT2D eigenvalue weighted by atomic mass is 10.2. The summed E-state index contributed by atoms with van der Waals surface area (Å²) >= 11 is 0. The third-order valence-electron chi connectivity index (χ3n) is 2.58. The first-order valence-electron chi connectivity index (χ1n) is 5.94. The molecule has 19 heavy (non-hydrogen) atoms. The third kappa shape index (κ3) is 5.77. The van der Waals surface area contributed by atoms with Crippen molar-refractivity contribution < 1.29 is 9.53 Å². The molecule has 0 aromatic heterocycles. The fourth-order valence-electron chi connectivity index (χ4n) is 1.41. The Hall–Kier alpha value is -1.52. The highest BCUT2D eigenvalue weighted by Crippen LogP contribution is 2.18. The molecule has 0 aliphatic rings. The van der Waals surface area contributed by atoms with Gasteiger partial charge in [-0.2, -0.15) is 0 Å². The summed E-state index contributed by atoms with van der Waals surface area (Å²) in [5, 5.41) is 2.81. The third-order valence-corrected chi connectivity index (χ3v) is 2.58. The first-order valence-corrected chi connectivity index (χ1v) is 5.94. The molecule has 1 aromatic carbocycles. The maximum atomic E-state index is 11.9. The monoisotopic (exact) mass is 284 g/mol. The Labute approximate surface area is 120 Å². The number of benzene rings is 1. The smallest absolute Gasteiger partial charge is 0.253 e. The van der Waals surface area contributed by atoms with E-state index in [1.54, 1.807) is 25.1 Å². The molecule has 0 aliphatic heterocycles. The lowest BCUT2D eigenvalue weighted by Gasteiger charge is -2.14. The summed E-state index contributed by atoms with van der Waals surface area (Å²) in [6, 6.07) is 5.41. The van der Waals surface area contributed by atoms with Crippen LogP contribution in [0, 0.1) is 6.92 Å². The molecule has 0 spiro atoms. The van der Waals surface area contributed by atoms with Crippen molar-refractivity contribution in [1.82, 2.24) is 0 Å². The summed E-state index contributed by atoms with van der Waals surface area (Å²) in [7, 11) is 0. The molecule has 0 heterocycles. The summed E-state index contributed by atoms with van der Waals surface area (Å²) in [6.45, 7) is 7.73. The van der Waals surface area contributed by atoms with Crippen LogP contribution in [-0.2, 0) is 9.53 Å². The van der Waals surface area contributed by atoms with Gasteiger partial charge in [-0.05, 0) is 38.0 Å². The van der Waals surface area contributed by atoms with Crippen molar-refractivity contribution in [1.29, 1.82) is 0 Å². The van der Waals surface area contributed by atoms with Crippen LogP contribution in [0.4, 0.5) is 11.4 Å². The van der Waals surface area contributed by atoms with Crippen molar-refractivity contribution in [3.63, 3.8) is 0 Å². The molecule has 1 atom stereocenters. The van der Waals surface area contributed by atoms with Crippen molar-refractivity contribution in [2.75, 3.05) is 17.7 Å². The number of aryl methyl sites for hydroxylation is 1. The number of anilines is 2. The minimum absolute atomic E-state index is 0. The van der Waals surface area contributed by atoms with Gasteiger partial charge in [0, 0.05) is 11.4 Å². The average molecular weight is 285 g/mol. The lowest BCUT2D eigenvalue weighted by molar-refractivity contribution is -0.126. The van der Waals surface area contributed by atoms with Crippen LogP contribution in [0.2, 0.25) is 0 Å². The highest BCUT2D eigenvalue weighted by Gasteiger charge is 2.14. The Kier molecular flexibility index (Phi) is 7.87. The maximum absolute atomic E-state index is 11.9. The molecule has 1 amide bonds. The molecular weight excluding hydrogens is 264 g/mol. The normalized spacial score (nSPS) is 11.3. The van der Waals surface area contributed by atoms with Gasteiger partial charge in [0.15, 0.2) is 0 Å². The largest absolute Gasteiger partial charge is 0.399 e. The number of halogens is 1. The number of nitrogen functional groups attached to an aromatic ring is 1. The van der Waals surface area contributed by atoms with Crippen LogP contribution in [0.3, 0.4) is 0 Å². The van der Waals surface area contributed by atoms with E-state index < -0.39 is 6.10 Å². The molecule has 3 N–H and O–H groups in total. The number of rotatable bonds is 6. The number of hydrogen-bond acceptors (Lipinski definition) is 3. The topological polar surface area (TPSA) is 64.3 Å². The van der Waals surface area contributed by atoms with Crippen molar-refractivity contribution in [2.24, 2.45) is 0 Å². The van der Waals surface area contributed by atoms with Gasteiger partial charge >= 0.3 is 0 Å². The van der Waals surface area contributed by atoms with Crippen molar-refractivity contribution >= 4 is 29.7 Å². The van der Waals surface area contributed by atoms with E-state index in [4.69, 9.17) is 10.5 Å². The van der Waals surface area contributed by atoms with Crippen molar-refractivity contribution in [3.05, 3.63) is 36.4 Å². The fraction of sp³-hybridized carbons (Fsp3) is 0.357. The summed E-state index contributed by atoms with van der Waals surface area (Å²) in [6.07, 6.45) is 1.99. The zero-order valence-corrected chi connectivity index (χ0v) is 12.1. The fourth-order valence-corrected chi connectivity index (χ4v) is 1.41. The minimum atomic E-state index is -0.495. The van der Waals surface area contributed by atoms with Gasteiger partial charge in [-0.15, -0.1) is 19.0 Å². The van der Waals surface area contributed by atoms with Gasteiger partial charge in [0.1, 0.15) is 6.10 Å². The van der Waals surface area contributed by atoms with Gasteiger partial charge in [0.05, 0.1) is 6.61 Å². The van der Waals surface area contributed by atoms with E-state index in [1.165, 1.54) is 0 Å². The van der Waals surface area contributed by atoms with Crippen LogP contribution in [0.1, 0.15) is 18.9 Å². The van der Waals surface area contributed by atoms with Crippen molar-refractivity contribution in [2.45, 2.75) is 26.4 Å². The zero-order chi connectivity index (χ0) is 13.5. The summed E-state index contributed by atoms with van der Waals surface area (Å²) in [5.41, 5.74) is 8.00. The predicted molar refractivity (Wildman–Crippen MR) is 81.7 cm³/mol. The number of nitrogens with one attached hydrogen (secondary N) is 1. The molecule has 0 saturated carbocycles. The van der Waals surface area contributed by atoms with E-state index in [2.05, 4.69) is 11.9 Å². The molecule has 0 aliphatic carbocycles. The Bertz CT molecular complexity index is 435. The first kappa shape index (κ1) is 17.5. The molecule has 0 bridgehead atoms. The average Bonchev–Trinajstić information content (AvgIpc) is 2.34. The molecular formula is C14H21ClN2O2. The molecule has 0 fully saturated rings. The number of carbonyl (C=O) groups is 1. The summed E-state index contributed by atoms with van der Waals surface area (Å²) < 4.78 is 5.37. The Morgan fingerprint density at radius 1 is 1.58 bits per heavy atom. The second-order valence-electron chi connectivity index (χ2n) is 4.15. The SMILES string of the molecule is C=CCCOC(C)C(=O)Nc1cc(N)ccc1C.Cl. The van der Waals surface area contributed by atoms with Crippen LogP contribution in [0.25, 0.3) is 0 Å². The first-order chi connectivity index (χ1) is 8.54. The van der Waals surface area contributed by atoms with E-state index in [0.29, 0.717) is 12.3 Å². The molecule has 0 saturated heterocycles. The van der Waals surface area contributed by atoms with E-state index in [1.807, 2.05) is 13.0 Å². The summed E-state index contributed by atoms with van der Waals surface area (Å²) in [4.78, 5) is 11.9. The Morgan fingerprint density at radius 2 is 2.26 bits per heavy atom. The van der Waals surface area contributed by atoms with Crippen LogP contribution < -0.4 is 11.1 Å². The number of ether oxygens (including phenoxy) is 1. The standard InChI is InChI=1S/C14H20N2O2.ClH/c1-4-5-8-18-11(3)14(17)16-13-9-12(15)7-6-10(13)2;/h4,6-7,9,11H,1,5,8,15H2,2-3H3,(H,16,17);1H. The molecule has 4 nitrogen and oxygen atoms in total. The minimum Gasteiger partial charge on any atom is -0.399 e. The van der Waals surface area contributed by atoms with Gasteiger partial charge in [-0.1, -0.05) is 12.1 Å². The van der Waals surface area contributed by atoms with E-state index in [0.717, 1.165) is 17.7 Å². The van der Waals surface area contributed by atoms with Crippen LogP contribution >= 0.6 is 12.4 Å². The number of hydrogen-bond donors (Lipinski definition) is 2. The maximum Gasteiger partial charge on any atom is 0.253 e. The molecule has 1 rings (SSSR count). The van der Waals surface area contributed by atoms with Gasteiger partial charge < -0.3 is 15.8 Å². The van der Waals surface area contributed by atoms with Gasteiger partial charge in [-0.25, -0.2) is 0 Å². The molecule has 0 radical (unpaired) electrons. The number of nitrogens with two attached hydrogens (primary N) is 1. The summed E-state index contributed by atoms with van der Waals surface area (Å²) in [5.74, 6) is -0.173. The van der Waals surface area contributed by atoms with Gasteiger partial charge in [0.25, 0.3) is 5.91 Å². The van der Waals surface area contributed by atoms with E-state index >= 15 is 0 Å². The molecule has 1 aromatic rings. The van der Waals surface area contributed by atoms with Gasteiger partial charge in [0.2, 0.25) is 0 Å². The van der Waals surface area contributed by atoms with Crippen LogP contribution in [0.15, 0.2) is 30.9 Å². The van der Waals surface area contributed by atoms with E-state index in [9.17, 15) is 4.79 Å².